The maximum Gasteiger partial charge on any atom is 0.272 e. The topological polar surface area (TPSA) is 84.6 Å². The molecule has 0 heterocycles. The number of halogens is 3. The van der Waals surface area contributed by atoms with Crippen molar-refractivity contribution < 1.29 is 9.72 Å². The van der Waals surface area contributed by atoms with Crippen molar-refractivity contribution in [3.63, 3.8) is 0 Å². The molecule has 10 heteroatoms. The van der Waals surface area contributed by atoms with E-state index >= 15 is 0 Å². The Morgan fingerprint density at radius 3 is 2.37 bits per heavy atom. The minimum absolute atomic E-state index is 0.0935. The maximum absolute atomic E-state index is 12.3. The minimum atomic E-state index is -0.537. The van der Waals surface area contributed by atoms with Crippen LogP contribution in [0.25, 0.3) is 0 Å². The van der Waals surface area contributed by atoms with Gasteiger partial charge in [0.1, 0.15) is 0 Å². The molecule has 0 saturated carbocycles. The molecule has 0 bridgehead atoms. The summed E-state index contributed by atoms with van der Waals surface area (Å²) in [5.41, 5.74) is 2.93. The first-order valence-corrected chi connectivity index (χ1v) is 10.3. The van der Waals surface area contributed by atoms with Crippen molar-refractivity contribution >= 4 is 64.4 Å². The Balaban J connectivity index is 1.83. The van der Waals surface area contributed by atoms with Gasteiger partial charge >= 0.3 is 0 Å². The standard InChI is InChI=1S/C20H12Cl3N3O3S/c21-13-1-5-16(6-2-13)30-19-8-4-15(26(28)29)9-12(19)11-24-25-20(27)17-7-3-14(22)10-18(17)23/h1-11H,(H,25,27)/b24-11+. The van der Waals surface area contributed by atoms with Crippen LogP contribution in [0.4, 0.5) is 5.69 Å². The van der Waals surface area contributed by atoms with Crippen LogP contribution in [0, 0.1) is 10.1 Å². The van der Waals surface area contributed by atoms with Crippen molar-refractivity contribution in [2.75, 3.05) is 0 Å². The molecule has 0 fully saturated rings. The lowest BCUT2D eigenvalue weighted by atomic mass is 10.2. The number of benzene rings is 3. The van der Waals surface area contributed by atoms with Crippen molar-refractivity contribution in [1.82, 2.24) is 5.43 Å². The summed E-state index contributed by atoms with van der Waals surface area (Å²) in [5.74, 6) is -0.537. The van der Waals surface area contributed by atoms with E-state index < -0.39 is 10.8 Å². The maximum atomic E-state index is 12.3. The first kappa shape index (κ1) is 22.1. The Bertz CT molecular complexity index is 1140. The van der Waals surface area contributed by atoms with Crippen molar-refractivity contribution in [1.29, 1.82) is 0 Å². The quantitative estimate of drug-likeness (QED) is 0.249. The van der Waals surface area contributed by atoms with Crippen LogP contribution in [0.1, 0.15) is 15.9 Å². The number of carbonyl (C=O) groups excluding carboxylic acids is 1. The van der Waals surface area contributed by atoms with Crippen molar-refractivity contribution in [3.8, 4) is 0 Å². The highest BCUT2D eigenvalue weighted by atomic mass is 35.5. The fourth-order valence-electron chi connectivity index (χ4n) is 2.37. The van der Waals surface area contributed by atoms with Crippen LogP contribution in [-0.4, -0.2) is 17.0 Å². The molecule has 1 N–H and O–H groups in total. The van der Waals surface area contributed by atoms with Crippen LogP contribution >= 0.6 is 46.6 Å². The third-order valence-electron chi connectivity index (χ3n) is 3.79. The van der Waals surface area contributed by atoms with Crippen molar-refractivity contribution in [2.45, 2.75) is 9.79 Å². The molecule has 1 amide bonds. The SMILES string of the molecule is O=C(N/N=C/c1cc([N+](=O)[O-])ccc1Sc1ccc(Cl)cc1)c1ccc(Cl)cc1Cl. The van der Waals surface area contributed by atoms with Crippen LogP contribution in [0.3, 0.4) is 0 Å². The predicted molar refractivity (Wildman–Crippen MR) is 120 cm³/mol. The fourth-order valence-corrected chi connectivity index (χ4v) is 3.88. The zero-order valence-electron chi connectivity index (χ0n) is 15.0. The second kappa shape index (κ2) is 9.95. The zero-order valence-corrected chi connectivity index (χ0v) is 18.1. The molecule has 0 aliphatic heterocycles. The summed E-state index contributed by atoms with van der Waals surface area (Å²) in [4.78, 5) is 24.5. The molecule has 6 nitrogen and oxygen atoms in total. The number of carbonyl (C=O) groups is 1. The highest BCUT2D eigenvalue weighted by Crippen LogP contribution is 2.32. The van der Waals surface area contributed by atoms with Gasteiger partial charge in [-0.2, -0.15) is 5.10 Å². The summed E-state index contributed by atoms with van der Waals surface area (Å²) >= 11 is 19.1. The van der Waals surface area contributed by atoms with Gasteiger partial charge in [-0.15, -0.1) is 0 Å². The van der Waals surface area contributed by atoms with Crippen LogP contribution in [0.2, 0.25) is 15.1 Å². The number of hydrogen-bond acceptors (Lipinski definition) is 5. The number of hydrogen-bond donors (Lipinski definition) is 1. The lowest BCUT2D eigenvalue weighted by Crippen LogP contribution is -2.18. The largest absolute Gasteiger partial charge is 0.272 e. The Labute approximate surface area is 191 Å². The van der Waals surface area contributed by atoms with Crippen LogP contribution in [0.15, 0.2) is 75.6 Å². The number of nitrogens with zero attached hydrogens (tertiary/aromatic N) is 2. The Hall–Kier alpha value is -2.58. The van der Waals surface area contributed by atoms with E-state index in [9.17, 15) is 14.9 Å². The van der Waals surface area contributed by atoms with E-state index in [1.54, 1.807) is 18.2 Å². The summed E-state index contributed by atoms with van der Waals surface area (Å²) in [6.07, 6.45) is 1.34. The van der Waals surface area contributed by atoms with E-state index in [0.29, 0.717) is 20.5 Å². The monoisotopic (exact) mass is 479 g/mol. The van der Waals surface area contributed by atoms with Crippen LogP contribution in [-0.2, 0) is 0 Å². The van der Waals surface area contributed by atoms with Gasteiger partial charge in [0, 0.05) is 37.5 Å². The average Bonchev–Trinajstić information content (AvgIpc) is 2.70. The Morgan fingerprint density at radius 1 is 1.00 bits per heavy atom. The van der Waals surface area contributed by atoms with Gasteiger partial charge in [0.15, 0.2) is 0 Å². The number of rotatable bonds is 6. The lowest BCUT2D eigenvalue weighted by Gasteiger charge is -2.07. The van der Waals surface area contributed by atoms with E-state index in [-0.39, 0.29) is 16.3 Å². The normalized spacial score (nSPS) is 10.9. The van der Waals surface area contributed by atoms with Gasteiger partial charge < -0.3 is 0 Å². The number of nitro groups is 1. The minimum Gasteiger partial charge on any atom is -0.267 e. The van der Waals surface area contributed by atoms with Gasteiger partial charge in [0.05, 0.1) is 21.7 Å². The molecule has 0 aliphatic rings. The molecule has 0 radical (unpaired) electrons. The Kier molecular flexibility index (Phi) is 7.33. The smallest absolute Gasteiger partial charge is 0.267 e. The van der Waals surface area contributed by atoms with Crippen molar-refractivity contribution in [2.24, 2.45) is 5.10 Å². The molecule has 152 valence electrons. The van der Waals surface area contributed by atoms with Crippen molar-refractivity contribution in [3.05, 3.63) is 97.0 Å². The molecule has 3 rings (SSSR count). The fraction of sp³-hybridized carbons (Fsp3) is 0. The number of hydrazone groups is 1. The van der Waals surface area contributed by atoms with Gasteiger partial charge in [0.25, 0.3) is 11.6 Å². The van der Waals surface area contributed by atoms with E-state index in [1.807, 2.05) is 12.1 Å². The number of nitrogens with one attached hydrogen (secondary N) is 1. The van der Waals surface area contributed by atoms with Crippen LogP contribution in [0.5, 0.6) is 0 Å². The van der Waals surface area contributed by atoms with Gasteiger partial charge in [-0.1, -0.05) is 46.6 Å². The molecule has 30 heavy (non-hydrogen) atoms. The Morgan fingerprint density at radius 2 is 1.70 bits per heavy atom. The van der Waals surface area contributed by atoms with E-state index in [2.05, 4.69) is 10.5 Å². The molecule has 0 unspecified atom stereocenters. The molecule has 0 aliphatic carbocycles. The number of nitro benzene ring substituents is 1. The first-order chi connectivity index (χ1) is 14.3. The number of amides is 1. The lowest BCUT2D eigenvalue weighted by molar-refractivity contribution is -0.384. The first-order valence-electron chi connectivity index (χ1n) is 8.34. The molecular formula is C20H12Cl3N3O3S. The summed E-state index contributed by atoms with van der Waals surface area (Å²) in [7, 11) is 0. The predicted octanol–water partition coefficient (Wildman–Crippen LogP) is 6.47. The number of non-ortho nitro benzene ring substituents is 1. The molecule has 3 aromatic carbocycles. The van der Waals surface area contributed by atoms with E-state index in [4.69, 9.17) is 34.8 Å². The van der Waals surface area contributed by atoms with E-state index in [1.165, 1.54) is 48.3 Å². The van der Waals surface area contributed by atoms with Gasteiger partial charge in [-0.25, -0.2) is 5.43 Å². The summed E-state index contributed by atoms with van der Waals surface area (Å²) in [6.45, 7) is 0. The van der Waals surface area contributed by atoms with Crippen LogP contribution < -0.4 is 5.43 Å². The summed E-state index contributed by atoms with van der Waals surface area (Å²) < 4.78 is 0. The molecule has 0 spiro atoms. The zero-order chi connectivity index (χ0) is 21.7. The molecular weight excluding hydrogens is 469 g/mol. The summed E-state index contributed by atoms with van der Waals surface area (Å²) in [5, 5.41) is 16.3. The molecule has 0 saturated heterocycles. The van der Waals surface area contributed by atoms with E-state index in [0.717, 1.165) is 4.90 Å². The third kappa shape index (κ3) is 5.73. The molecule has 0 aromatic heterocycles. The second-order valence-electron chi connectivity index (χ2n) is 5.86. The highest BCUT2D eigenvalue weighted by molar-refractivity contribution is 7.99. The molecule has 0 atom stereocenters. The average molecular weight is 481 g/mol. The summed E-state index contributed by atoms with van der Waals surface area (Å²) in [6, 6.07) is 16.0. The third-order valence-corrected chi connectivity index (χ3v) is 5.69. The molecule has 3 aromatic rings. The second-order valence-corrected chi connectivity index (χ2v) is 8.25. The van der Waals surface area contributed by atoms with Gasteiger partial charge in [0.2, 0.25) is 0 Å². The van der Waals surface area contributed by atoms with Gasteiger partial charge in [-0.05, 0) is 48.5 Å². The van der Waals surface area contributed by atoms with Gasteiger partial charge in [-0.3, -0.25) is 14.9 Å². The highest BCUT2D eigenvalue weighted by Gasteiger charge is 2.12.